The van der Waals surface area contributed by atoms with Crippen molar-refractivity contribution in [1.29, 1.82) is 0 Å². The van der Waals surface area contributed by atoms with Gasteiger partial charge in [0, 0.05) is 5.69 Å². The van der Waals surface area contributed by atoms with E-state index in [2.05, 4.69) is 10.6 Å². The van der Waals surface area contributed by atoms with Gasteiger partial charge in [-0.3, -0.25) is 14.9 Å². The van der Waals surface area contributed by atoms with E-state index in [4.69, 9.17) is 5.11 Å². The summed E-state index contributed by atoms with van der Waals surface area (Å²) in [6.07, 6.45) is 1.26. The SMILES string of the molecule is CCCC(NCC(=O)Nc1ccccc1C)C(=O)O.Cl. The molecule has 1 aromatic carbocycles. The largest absolute Gasteiger partial charge is 0.480 e. The Morgan fingerprint density at radius 2 is 1.95 bits per heavy atom. The van der Waals surface area contributed by atoms with E-state index in [0.717, 1.165) is 17.7 Å². The summed E-state index contributed by atoms with van der Waals surface area (Å²) >= 11 is 0. The van der Waals surface area contributed by atoms with Crippen LogP contribution in [-0.2, 0) is 9.59 Å². The highest BCUT2D eigenvalue weighted by molar-refractivity contribution is 5.93. The standard InChI is InChI=1S/C14H20N2O3.ClH/c1-3-6-12(14(18)19)15-9-13(17)16-11-8-5-4-7-10(11)2;/h4-5,7-8,12,15H,3,6,9H2,1-2H3,(H,16,17)(H,18,19);1H. The predicted octanol–water partition coefficient (Wildman–Crippen LogP) is 2.20. The number of carbonyl (C=O) groups excluding carboxylic acids is 1. The number of amides is 1. The number of hydrogen-bond donors (Lipinski definition) is 3. The number of anilines is 1. The minimum atomic E-state index is -0.925. The second-order valence-electron chi connectivity index (χ2n) is 4.42. The van der Waals surface area contributed by atoms with Crippen LogP contribution in [0.15, 0.2) is 24.3 Å². The summed E-state index contributed by atoms with van der Waals surface area (Å²) in [5.74, 6) is -1.16. The molecule has 1 aromatic rings. The lowest BCUT2D eigenvalue weighted by atomic mass is 10.1. The van der Waals surface area contributed by atoms with Crippen LogP contribution in [0, 0.1) is 6.92 Å². The lowest BCUT2D eigenvalue weighted by Gasteiger charge is -2.13. The fraction of sp³-hybridized carbons (Fsp3) is 0.429. The molecule has 0 aliphatic carbocycles. The summed E-state index contributed by atoms with van der Waals surface area (Å²) in [5.41, 5.74) is 1.72. The van der Waals surface area contributed by atoms with Gasteiger partial charge in [0.2, 0.25) is 5.91 Å². The molecule has 112 valence electrons. The van der Waals surface area contributed by atoms with Gasteiger partial charge in [0.1, 0.15) is 6.04 Å². The molecule has 0 fully saturated rings. The van der Waals surface area contributed by atoms with Crippen molar-refractivity contribution in [2.75, 3.05) is 11.9 Å². The number of aliphatic carboxylic acids is 1. The van der Waals surface area contributed by atoms with Gasteiger partial charge in [-0.2, -0.15) is 0 Å². The van der Waals surface area contributed by atoms with E-state index >= 15 is 0 Å². The van der Waals surface area contributed by atoms with Crippen molar-refractivity contribution in [2.24, 2.45) is 0 Å². The van der Waals surface area contributed by atoms with Crippen molar-refractivity contribution in [1.82, 2.24) is 5.32 Å². The third kappa shape index (κ3) is 6.04. The van der Waals surface area contributed by atoms with Crippen molar-refractivity contribution in [3.8, 4) is 0 Å². The van der Waals surface area contributed by atoms with Gasteiger partial charge < -0.3 is 10.4 Å². The molecule has 3 N–H and O–H groups in total. The number of para-hydroxylation sites is 1. The van der Waals surface area contributed by atoms with Crippen LogP contribution in [0.5, 0.6) is 0 Å². The summed E-state index contributed by atoms with van der Waals surface area (Å²) in [6.45, 7) is 3.80. The first kappa shape index (κ1) is 18.4. The van der Waals surface area contributed by atoms with E-state index in [0.29, 0.717) is 6.42 Å². The highest BCUT2D eigenvalue weighted by Crippen LogP contribution is 2.12. The zero-order valence-corrected chi connectivity index (χ0v) is 12.5. The molecule has 1 atom stereocenters. The maximum atomic E-state index is 11.7. The van der Waals surface area contributed by atoms with Gasteiger partial charge in [-0.1, -0.05) is 31.5 Å². The molecule has 0 aliphatic rings. The first-order valence-electron chi connectivity index (χ1n) is 6.36. The monoisotopic (exact) mass is 300 g/mol. The van der Waals surface area contributed by atoms with Crippen molar-refractivity contribution in [3.05, 3.63) is 29.8 Å². The van der Waals surface area contributed by atoms with Gasteiger partial charge >= 0.3 is 5.97 Å². The Balaban J connectivity index is 0.00000361. The molecule has 0 saturated heterocycles. The number of aryl methyl sites for hydroxylation is 1. The average Bonchev–Trinajstić information content (AvgIpc) is 2.37. The zero-order valence-electron chi connectivity index (χ0n) is 11.7. The number of carboxylic acids is 1. The molecular weight excluding hydrogens is 280 g/mol. The second-order valence-corrected chi connectivity index (χ2v) is 4.42. The number of carbonyl (C=O) groups is 2. The molecule has 1 unspecified atom stereocenters. The van der Waals surface area contributed by atoms with Crippen molar-refractivity contribution in [3.63, 3.8) is 0 Å². The third-order valence-corrected chi connectivity index (χ3v) is 2.80. The second kappa shape index (κ2) is 9.34. The molecule has 1 amide bonds. The molecule has 5 nitrogen and oxygen atoms in total. The van der Waals surface area contributed by atoms with Gasteiger partial charge in [-0.15, -0.1) is 12.4 Å². The van der Waals surface area contributed by atoms with Crippen LogP contribution in [0.4, 0.5) is 5.69 Å². The van der Waals surface area contributed by atoms with Gasteiger partial charge in [0.05, 0.1) is 6.54 Å². The first-order valence-corrected chi connectivity index (χ1v) is 6.36. The number of nitrogens with one attached hydrogen (secondary N) is 2. The van der Waals surface area contributed by atoms with Crippen molar-refractivity contribution >= 4 is 30.0 Å². The summed E-state index contributed by atoms with van der Waals surface area (Å²) in [4.78, 5) is 22.6. The Morgan fingerprint density at radius 1 is 1.30 bits per heavy atom. The number of halogens is 1. The van der Waals surface area contributed by atoms with Crippen LogP contribution < -0.4 is 10.6 Å². The predicted molar refractivity (Wildman–Crippen MR) is 81.4 cm³/mol. The van der Waals surface area contributed by atoms with E-state index in [1.54, 1.807) is 0 Å². The van der Waals surface area contributed by atoms with E-state index < -0.39 is 12.0 Å². The van der Waals surface area contributed by atoms with Gasteiger partial charge in [-0.25, -0.2) is 0 Å². The minimum Gasteiger partial charge on any atom is -0.480 e. The molecule has 0 aliphatic heterocycles. The highest BCUT2D eigenvalue weighted by atomic mass is 35.5. The minimum absolute atomic E-state index is 0. The number of hydrogen-bond acceptors (Lipinski definition) is 3. The molecule has 0 spiro atoms. The summed E-state index contributed by atoms with van der Waals surface area (Å²) in [6, 6.07) is 6.78. The lowest BCUT2D eigenvalue weighted by Crippen LogP contribution is -2.41. The quantitative estimate of drug-likeness (QED) is 0.721. The molecule has 0 saturated carbocycles. The van der Waals surface area contributed by atoms with Crippen molar-refractivity contribution in [2.45, 2.75) is 32.7 Å². The molecule has 20 heavy (non-hydrogen) atoms. The molecule has 1 rings (SSSR count). The first-order chi connectivity index (χ1) is 9.04. The van der Waals surface area contributed by atoms with Gasteiger partial charge in [0.25, 0.3) is 0 Å². The van der Waals surface area contributed by atoms with Gasteiger partial charge in [-0.05, 0) is 25.0 Å². The summed E-state index contributed by atoms with van der Waals surface area (Å²) in [7, 11) is 0. The zero-order chi connectivity index (χ0) is 14.3. The smallest absolute Gasteiger partial charge is 0.320 e. The molecule has 0 bridgehead atoms. The Labute approximate surface area is 125 Å². The third-order valence-electron chi connectivity index (χ3n) is 2.80. The topological polar surface area (TPSA) is 78.4 Å². The fourth-order valence-electron chi connectivity index (χ4n) is 1.72. The van der Waals surface area contributed by atoms with Crippen LogP contribution >= 0.6 is 12.4 Å². The Bertz CT molecular complexity index is 452. The van der Waals surface area contributed by atoms with Crippen LogP contribution in [-0.4, -0.2) is 29.6 Å². The van der Waals surface area contributed by atoms with Gasteiger partial charge in [0.15, 0.2) is 0 Å². The molecule has 0 aromatic heterocycles. The van der Waals surface area contributed by atoms with Crippen LogP contribution in [0.25, 0.3) is 0 Å². The summed E-state index contributed by atoms with van der Waals surface area (Å²) < 4.78 is 0. The van der Waals surface area contributed by atoms with E-state index in [1.165, 1.54) is 0 Å². The van der Waals surface area contributed by atoms with Crippen LogP contribution in [0.2, 0.25) is 0 Å². The maximum Gasteiger partial charge on any atom is 0.320 e. The van der Waals surface area contributed by atoms with Crippen LogP contribution in [0.3, 0.4) is 0 Å². The number of benzene rings is 1. The van der Waals surface area contributed by atoms with Crippen LogP contribution in [0.1, 0.15) is 25.3 Å². The van der Waals surface area contributed by atoms with E-state index in [-0.39, 0.29) is 24.9 Å². The summed E-state index contributed by atoms with van der Waals surface area (Å²) in [5, 5.41) is 14.5. The number of rotatable bonds is 7. The number of carboxylic acid groups (broad SMARTS) is 1. The van der Waals surface area contributed by atoms with E-state index in [9.17, 15) is 9.59 Å². The Hall–Kier alpha value is -1.59. The molecular formula is C14H21ClN2O3. The average molecular weight is 301 g/mol. The lowest BCUT2D eigenvalue weighted by molar-refractivity contribution is -0.139. The van der Waals surface area contributed by atoms with Crippen molar-refractivity contribution < 1.29 is 14.7 Å². The Morgan fingerprint density at radius 3 is 2.50 bits per heavy atom. The molecule has 0 radical (unpaired) electrons. The molecule has 6 heteroatoms. The van der Waals surface area contributed by atoms with E-state index in [1.807, 2.05) is 38.1 Å². The normalized spacial score (nSPS) is 11.3. The highest BCUT2D eigenvalue weighted by Gasteiger charge is 2.16. The maximum absolute atomic E-state index is 11.7. The Kier molecular flexibility index (Phi) is 8.59. The fourth-order valence-corrected chi connectivity index (χ4v) is 1.72. The molecule has 0 heterocycles.